The van der Waals surface area contributed by atoms with E-state index < -0.39 is 0 Å². The summed E-state index contributed by atoms with van der Waals surface area (Å²) in [6.07, 6.45) is 0. The molecule has 18 heavy (non-hydrogen) atoms. The number of benzene rings is 2. The van der Waals surface area contributed by atoms with Crippen LogP contribution in [0.2, 0.25) is 5.02 Å². The zero-order valence-electron chi connectivity index (χ0n) is 9.68. The number of hydrogen-bond acceptors (Lipinski definition) is 4. The molecule has 2 aromatic carbocycles. The Morgan fingerprint density at radius 1 is 1.22 bits per heavy atom. The number of ether oxygens (including phenoxy) is 1. The van der Waals surface area contributed by atoms with Gasteiger partial charge in [0.05, 0.1) is 12.8 Å². The van der Waals surface area contributed by atoms with Gasteiger partial charge in [0.1, 0.15) is 5.75 Å². The number of rotatable bonds is 4. The first-order chi connectivity index (χ1) is 8.74. The van der Waals surface area contributed by atoms with Gasteiger partial charge in [-0.15, -0.1) is 4.91 Å². The molecule has 4 nitrogen and oxygen atoms in total. The van der Waals surface area contributed by atoms with Crippen LogP contribution >= 0.6 is 11.6 Å². The van der Waals surface area contributed by atoms with Crippen molar-refractivity contribution in [2.75, 3.05) is 12.4 Å². The van der Waals surface area contributed by atoms with Crippen LogP contribution in [0.3, 0.4) is 0 Å². The van der Waals surface area contributed by atoms with Gasteiger partial charge in [-0.05, 0) is 35.5 Å². The second-order valence-corrected chi connectivity index (χ2v) is 4.02. The van der Waals surface area contributed by atoms with Gasteiger partial charge in [-0.3, -0.25) is 0 Å². The molecule has 2 rings (SSSR count). The summed E-state index contributed by atoms with van der Waals surface area (Å²) >= 11 is 5.89. The lowest BCUT2D eigenvalue weighted by Crippen LogP contribution is -1.92. The quantitative estimate of drug-likeness (QED) is 0.826. The van der Waals surface area contributed by atoms with Crippen molar-refractivity contribution in [1.29, 1.82) is 0 Å². The van der Waals surface area contributed by atoms with Crippen molar-refractivity contribution in [1.82, 2.24) is 0 Å². The first-order valence-corrected chi connectivity index (χ1v) is 5.65. The van der Waals surface area contributed by atoms with E-state index in [0.717, 1.165) is 5.69 Å². The second-order valence-electron chi connectivity index (χ2n) is 3.58. The van der Waals surface area contributed by atoms with Crippen LogP contribution in [0.1, 0.15) is 0 Å². The van der Waals surface area contributed by atoms with Gasteiger partial charge in [0.25, 0.3) is 0 Å². The van der Waals surface area contributed by atoms with Gasteiger partial charge in [0, 0.05) is 10.7 Å². The Morgan fingerprint density at radius 2 is 2.00 bits per heavy atom. The fourth-order valence-corrected chi connectivity index (χ4v) is 1.79. The molecule has 0 radical (unpaired) electrons. The lowest BCUT2D eigenvalue weighted by atomic mass is 10.2. The molecule has 92 valence electrons. The minimum absolute atomic E-state index is 0.236. The first-order valence-electron chi connectivity index (χ1n) is 5.27. The molecule has 2 aromatic rings. The number of anilines is 2. The molecule has 0 saturated heterocycles. The Hall–Kier alpha value is -2.07. The molecule has 5 heteroatoms. The summed E-state index contributed by atoms with van der Waals surface area (Å²) in [6.45, 7) is 0. The zero-order chi connectivity index (χ0) is 13.0. The molecule has 0 amide bonds. The molecule has 0 unspecified atom stereocenters. The lowest BCUT2D eigenvalue weighted by molar-refractivity contribution is 0.416. The molecule has 1 N–H and O–H groups in total. The van der Waals surface area contributed by atoms with Crippen LogP contribution in [0.15, 0.2) is 47.6 Å². The average molecular weight is 263 g/mol. The molecular formula is C13H11ClN2O2. The van der Waals surface area contributed by atoms with Crippen molar-refractivity contribution in [3.05, 3.63) is 52.4 Å². The number of methoxy groups -OCH3 is 1. The van der Waals surface area contributed by atoms with Gasteiger partial charge in [-0.1, -0.05) is 23.7 Å². The summed E-state index contributed by atoms with van der Waals surface area (Å²) in [7, 11) is 1.49. The van der Waals surface area contributed by atoms with E-state index in [4.69, 9.17) is 16.3 Å². The van der Waals surface area contributed by atoms with Crippen molar-refractivity contribution in [3.8, 4) is 5.75 Å². The van der Waals surface area contributed by atoms with Crippen molar-refractivity contribution in [3.63, 3.8) is 0 Å². The Labute approximate surface area is 110 Å². The van der Waals surface area contributed by atoms with E-state index in [9.17, 15) is 4.91 Å². The monoisotopic (exact) mass is 262 g/mol. The molecule has 0 aliphatic carbocycles. The SMILES string of the molecule is COc1cccc(Nc2cccc(Cl)c2)c1N=O. The topological polar surface area (TPSA) is 50.7 Å². The molecule has 0 aliphatic heterocycles. The Bertz CT molecular complexity index is 573. The number of nitrogens with zero attached hydrogens (tertiary/aromatic N) is 1. The fourth-order valence-electron chi connectivity index (χ4n) is 1.60. The molecule has 0 spiro atoms. The Morgan fingerprint density at radius 3 is 2.67 bits per heavy atom. The third-order valence-electron chi connectivity index (χ3n) is 2.41. The molecular weight excluding hydrogens is 252 g/mol. The first kappa shape index (κ1) is 12.4. The van der Waals surface area contributed by atoms with Crippen molar-refractivity contribution in [2.45, 2.75) is 0 Å². The molecule has 0 atom stereocenters. The van der Waals surface area contributed by atoms with E-state index in [1.54, 1.807) is 30.3 Å². The second kappa shape index (κ2) is 5.51. The highest BCUT2D eigenvalue weighted by atomic mass is 35.5. The largest absolute Gasteiger partial charge is 0.494 e. The maximum atomic E-state index is 10.9. The molecule has 0 saturated carbocycles. The highest BCUT2D eigenvalue weighted by molar-refractivity contribution is 6.30. The van der Waals surface area contributed by atoms with E-state index in [1.165, 1.54) is 7.11 Å². The molecule has 0 heterocycles. The Kier molecular flexibility index (Phi) is 3.79. The van der Waals surface area contributed by atoms with Crippen LogP contribution in [-0.4, -0.2) is 7.11 Å². The number of hydrogen-bond donors (Lipinski definition) is 1. The van der Waals surface area contributed by atoms with E-state index in [0.29, 0.717) is 16.5 Å². The van der Waals surface area contributed by atoms with Crippen LogP contribution < -0.4 is 10.1 Å². The normalized spacial score (nSPS) is 9.89. The number of nitroso groups, excluding NO2 is 1. The lowest BCUT2D eigenvalue weighted by Gasteiger charge is -2.10. The van der Waals surface area contributed by atoms with Crippen LogP contribution in [0.4, 0.5) is 17.1 Å². The summed E-state index contributed by atoms with van der Waals surface area (Å²) in [6, 6.07) is 12.4. The van der Waals surface area contributed by atoms with Gasteiger partial charge < -0.3 is 10.1 Å². The highest BCUT2D eigenvalue weighted by Gasteiger charge is 2.09. The van der Waals surface area contributed by atoms with E-state index in [2.05, 4.69) is 10.5 Å². The van der Waals surface area contributed by atoms with Gasteiger partial charge >= 0.3 is 0 Å². The Balaban J connectivity index is 2.37. The van der Waals surface area contributed by atoms with Gasteiger partial charge in [0.15, 0.2) is 5.69 Å². The van der Waals surface area contributed by atoms with E-state index in [-0.39, 0.29) is 5.69 Å². The highest BCUT2D eigenvalue weighted by Crippen LogP contribution is 2.36. The van der Waals surface area contributed by atoms with Crippen molar-refractivity contribution < 1.29 is 4.74 Å². The number of halogens is 1. The average Bonchev–Trinajstić information content (AvgIpc) is 2.38. The third-order valence-corrected chi connectivity index (χ3v) is 2.65. The summed E-state index contributed by atoms with van der Waals surface area (Å²) < 4.78 is 5.08. The van der Waals surface area contributed by atoms with Crippen LogP contribution in [0.5, 0.6) is 5.75 Å². The van der Waals surface area contributed by atoms with Crippen molar-refractivity contribution >= 4 is 28.7 Å². The minimum atomic E-state index is 0.236. The molecule has 0 fully saturated rings. The summed E-state index contributed by atoms with van der Waals surface area (Å²) in [5.74, 6) is 0.428. The minimum Gasteiger partial charge on any atom is -0.494 e. The predicted octanol–water partition coefficient (Wildman–Crippen LogP) is 4.49. The maximum absolute atomic E-state index is 10.9. The fraction of sp³-hybridized carbons (Fsp3) is 0.0769. The van der Waals surface area contributed by atoms with Crippen LogP contribution in [0, 0.1) is 4.91 Å². The predicted molar refractivity (Wildman–Crippen MR) is 73.2 cm³/mol. The standard InChI is InChI=1S/C13H11ClN2O2/c1-18-12-7-3-6-11(13(12)16-17)15-10-5-2-4-9(14)8-10/h2-8,15H,1H3. The van der Waals surface area contributed by atoms with E-state index in [1.807, 2.05) is 12.1 Å². The van der Waals surface area contributed by atoms with Crippen LogP contribution in [-0.2, 0) is 0 Å². The third kappa shape index (κ3) is 2.60. The molecule has 0 aromatic heterocycles. The van der Waals surface area contributed by atoms with Crippen molar-refractivity contribution in [2.24, 2.45) is 5.18 Å². The van der Waals surface area contributed by atoms with E-state index >= 15 is 0 Å². The summed E-state index contributed by atoms with van der Waals surface area (Å²) in [4.78, 5) is 10.9. The maximum Gasteiger partial charge on any atom is 0.173 e. The molecule has 0 bridgehead atoms. The van der Waals surface area contributed by atoms with Crippen LogP contribution in [0.25, 0.3) is 0 Å². The molecule has 0 aliphatic rings. The van der Waals surface area contributed by atoms with Gasteiger partial charge in [-0.25, -0.2) is 0 Å². The summed E-state index contributed by atoms with van der Waals surface area (Å²) in [5.41, 5.74) is 1.59. The van der Waals surface area contributed by atoms with Gasteiger partial charge in [0.2, 0.25) is 0 Å². The number of nitrogens with one attached hydrogen (secondary N) is 1. The smallest absolute Gasteiger partial charge is 0.173 e. The summed E-state index contributed by atoms with van der Waals surface area (Å²) in [5, 5.41) is 6.68. The zero-order valence-corrected chi connectivity index (χ0v) is 10.4. The van der Waals surface area contributed by atoms with Gasteiger partial charge in [-0.2, -0.15) is 0 Å².